The lowest BCUT2D eigenvalue weighted by molar-refractivity contribution is 0.385. The first kappa shape index (κ1) is 11.3. The largest absolute Gasteiger partial charge is 0.398 e. The van der Waals surface area contributed by atoms with Crippen LogP contribution < -0.4 is 5.73 Å². The number of para-hydroxylation sites is 1. The molecule has 0 spiro atoms. The molecule has 0 aliphatic rings. The summed E-state index contributed by atoms with van der Waals surface area (Å²) in [5, 5.41) is 3.86. The van der Waals surface area contributed by atoms with Crippen molar-refractivity contribution in [3.05, 3.63) is 54.2 Å². The fraction of sp³-hybridized carbons (Fsp3) is 0.0769. The molecule has 19 heavy (non-hydrogen) atoms. The van der Waals surface area contributed by atoms with E-state index in [9.17, 15) is 0 Å². The Bertz CT molecular complexity index is 680. The Labute approximate surface area is 109 Å². The summed E-state index contributed by atoms with van der Waals surface area (Å²) in [6, 6.07) is 9.31. The third-order valence-electron chi connectivity index (χ3n) is 2.63. The molecule has 1 aromatic carbocycles. The number of hydrogen-bond acceptors (Lipinski definition) is 6. The molecule has 3 aromatic rings. The number of benzene rings is 1. The minimum absolute atomic E-state index is 0.380. The molecule has 2 aromatic heterocycles. The predicted octanol–water partition coefficient (Wildman–Crippen LogP) is 1.70. The Morgan fingerprint density at radius 3 is 2.58 bits per heavy atom. The highest BCUT2D eigenvalue weighted by Crippen LogP contribution is 2.16. The summed E-state index contributed by atoms with van der Waals surface area (Å²) >= 11 is 0. The zero-order valence-electron chi connectivity index (χ0n) is 10.0. The minimum Gasteiger partial charge on any atom is -0.398 e. The molecule has 94 valence electrons. The van der Waals surface area contributed by atoms with E-state index in [4.69, 9.17) is 10.3 Å². The van der Waals surface area contributed by atoms with Crippen molar-refractivity contribution >= 4 is 5.69 Å². The van der Waals surface area contributed by atoms with Crippen LogP contribution in [-0.4, -0.2) is 20.1 Å². The van der Waals surface area contributed by atoms with E-state index >= 15 is 0 Å². The Morgan fingerprint density at radius 2 is 1.79 bits per heavy atom. The lowest BCUT2D eigenvalue weighted by atomic mass is 10.1. The maximum absolute atomic E-state index is 5.87. The molecule has 3 rings (SSSR count). The number of nitrogens with two attached hydrogens (primary N) is 1. The molecule has 0 radical (unpaired) electrons. The summed E-state index contributed by atoms with van der Waals surface area (Å²) in [6.45, 7) is 0. The highest BCUT2D eigenvalue weighted by atomic mass is 16.5. The van der Waals surface area contributed by atoms with Gasteiger partial charge in [0.25, 0.3) is 0 Å². The van der Waals surface area contributed by atoms with Gasteiger partial charge in [0.2, 0.25) is 17.5 Å². The first-order chi connectivity index (χ1) is 9.33. The van der Waals surface area contributed by atoms with E-state index < -0.39 is 0 Å². The lowest BCUT2D eigenvalue weighted by Gasteiger charge is -2.00. The van der Waals surface area contributed by atoms with Crippen molar-refractivity contribution in [3.8, 4) is 11.6 Å². The fourth-order valence-electron chi connectivity index (χ4n) is 1.69. The van der Waals surface area contributed by atoms with E-state index in [1.54, 1.807) is 18.5 Å². The fourth-order valence-corrected chi connectivity index (χ4v) is 1.69. The Hall–Kier alpha value is -2.76. The summed E-state index contributed by atoms with van der Waals surface area (Å²) in [7, 11) is 0. The summed E-state index contributed by atoms with van der Waals surface area (Å²) < 4.78 is 5.18. The molecule has 6 nitrogen and oxygen atoms in total. The molecule has 0 bridgehead atoms. The van der Waals surface area contributed by atoms with E-state index in [1.807, 2.05) is 24.3 Å². The molecule has 0 unspecified atom stereocenters. The van der Waals surface area contributed by atoms with Gasteiger partial charge >= 0.3 is 0 Å². The Kier molecular flexibility index (Phi) is 2.89. The summed E-state index contributed by atoms with van der Waals surface area (Å²) in [4.78, 5) is 12.4. The summed E-state index contributed by atoms with van der Waals surface area (Å²) in [5.74, 6) is 1.31. The molecule has 0 fully saturated rings. The molecule has 6 heteroatoms. The van der Waals surface area contributed by atoms with E-state index in [1.165, 1.54) is 0 Å². The lowest BCUT2D eigenvalue weighted by Crippen LogP contribution is -1.95. The van der Waals surface area contributed by atoms with Gasteiger partial charge in [0.15, 0.2) is 0 Å². The van der Waals surface area contributed by atoms with E-state index in [-0.39, 0.29) is 0 Å². The van der Waals surface area contributed by atoms with Crippen molar-refractivity contribution in [3.63, 3.8) is 0 Å². The molecule has 2 N–H and O–H groups in total. The van der Waals surface area contributed by atoms with Crippen molar-refractivity contribution in [1.82, 2.24) is 20.1 Å². The number of aromatic nitrogens is 4. The van der Waals surface area contributed by atoms with Crippen molar-refractivity contribution in [2.75, 3.05) is 5.73 Å². The summed E-state index contributed by atoms with van der Waals surface area (Å²) in [6.07, 6.45) is 3.76. The van der Waals surface area contributed by atoms with E-state index in [0.717, 1.165) is 5.56 Å². The van der Waals surface area contributed by atoms with Gasteiger partial charge in [-0.15, -0.1) is 0 Å². The van der Waals surface area contributed by atoms with Gasteiger partial charge in [-0.05, 0) is 17.7 Å². The van der Waals surface area contributed by atoms with Gasteiger partial charge in [-0.3, -0.25) is 0 Å². The quantitative estimate of drug-likeness (QED) is 0.714. The number of hydrogen-bond donors (Lipinski definition) is 1. The summed E-state index contributed by atoms with van der Waals surface area (Å²) in [5.41, 5.74) is 7.53. The van der Waals surface area contributed by atoms with Gasteiger partial charge in [-0.25, -0.2) is 9.97 Å². The topological polar surface area (TPSA) is 90.7 Å². The monoisotopic (exact) mass is 253 g/mol. The maximum atomic E-state index is 5.87. The SMILES string of the molecule is Nc1ccccc1Cc1nc(-c2ncccn2)no1. The van der Waals surface area contributed by atoms with Crippen LogP contribution in [0.2, 0.25) is 0 Å². The Balaban J connectivity index is 1.85. The second-order valence-electron chi connectivity index (χ2n) is 3.96. The van der Waals surface area contributed by atoms with Gasteiger partial charge in [-0.2, -0.15) is 4.98 Å². The van der Waals surface area contributed by atoms with Crippen LogP contribution in [0, 0.1) is 0 Å². The van der Waals surface area contributed by atoms with Crippen LogP contribution in [0.3, 0.4) is 0 Å². The van der Waals surface area contributed by atoms with Crippen molar-refractivity contribution in [2.45, 2.75) is 6.42 Å². The zero-order valence-corrected chi connectivity index (χ0v) is 10.0. The molecule has 0 atom stereocenters. The van der Waals surface area contributed by atoms with Crippen LogP contribution in [0.5, 0.6) is 0 Å². The van der Waals surface area contributed by atoms with Crippen LogP contribution in [0.15, 0.2) is 47.2 Å². The molecule has 0 aliphatic heterocycles. The average molecular weight is 253 g/mol. The maximum Gasteiger partial charge on any atom is 0.240 e. The van der Waals surface area contributed by atoms with Crippen LogP contribution in [0.4, 0.5) is 5.69 Å². The van der Waals surface area contributed by atoms with E-state index in [2.05, 4.69) is 20.1 Å². The average Bonchev–Trinajstić information content (AvgIpc) is 2.91. The molecular formula is C13H11N5O. The smallest absolute Gasteiger partial charge is 0.240 e. The third kappa shape index (κ3) is 2.42. The predicted molar refractivity (Wildman–Crippen MR) is 69.0 cm³/mol. The molecule has 0 saturated heterocycles. The molecular weight excluding hydrogens is 242 g/mol. The first-order valence-corrected chi connectivity index (χ1v) is 5.76. The van der Waals surface area contributed by atoms with Crippen LogP contribution in [0.25, 0.3) is 11.6 Å². The number of anilines is 1. The second kappa shape index (κ2) is 4.85. The molecule has 0 amide bonds. The van der Waals surface area contributed by atoms with Gasteiger partial charge in [0.05, 0.1) is 6.42 Å². The third-order valence-corrected chi connectivity index (χ3v) is 2.63. The standard InChI is InChI=1S/C13H11N5O/c14-10-5-2-1-4-9(10)8-11-17-13(18-19-11)12-15-6-3-7-16-12/h1-7H,8,14H2. The highest BCUT2D eigenvalue weighted by molar-refractivity contribution is 5.48. The van der Waals surface area contributed by atoms with Crippen molar-refractivity contribution < 1.29 is 4.52 Å². The van der Waals surface area contributed by atoms with Gasteiger partial charge in [0.1, 0.15) is 0 Å². The molecule has 2 heterocycles. The van der Waals surface area contributed by atoms with Crippen molar-refractivity contribution in [1.29, 1.82) is 0 Å². The van der Waals surface area contributed by atoms with Crippen LogP contribution in [0.1, 0.15) is 11.5 Å². The molecule has 0 aliphatic carbocycles. The first-order valence-electron chi connectivity index (χ1n) is 5.76. The number of nitrogen functional groups attached to an aromatic ring is 1. The number of rotatable bonds is 3. The van der Waals surface area contributed by atoms with Gasteiger partial charge in [0, 0.05) is 18.1 Å². The number of nitrogens with zero attached hydrogens (tertiary/aromatic N) is 4. The van der Waals surface area contributed by atoms with Crippen LogP contribution in [-0.2, 0) is 6.42 Å². The van der Waals surface area contributed by atoms with Gasteiger partial charge < -0.3 is 10.3 Å². The van der Waals surface area contributed by atoms with E-state index in [0.29, 0.717) is 29.6 Å². The molecule has 0 saturated carbocycles. The van der Waals surface area contributed by atoms with Crippen molar-refractivity contribution in [2.24, 2.45) is 0 Å². The van der Waals surface area contributed by atoms with Crippen LogP contribution >= 0.6 is 0 Å². The zero-order chi connectivity index (χ0) is 13.1. The normalized spacial score (nSPS) is 10.5. The highest BCUT2D eigenvalue weighted by Gasteiger charge is 2.11. The second-order valence-corrected chi connectivity index (χ2v) is 3.96. The van der Waals surface area contributed by atoms with Gasteiger partial charge in [-0.1, -0.05) is 23.4 Å². The minimum atomic E-state index is 0.380. The Morgan fingerprint density at radius 1 is 1.00 bits per heavy atom.